The fraction of sp³-hybridized carbons (Fsp3) is 0.133. The molecule has 2 aromatic rings. The number of halogens is 1. The number of nitriles is 1. The Morgan fingerprint density at radius 3 is 2.58 bits per heavy atom. The van der Waals surface area contributed by atoms with E-state index in [4.69, 9.17) is 21.6 Å². The monoisotopic (exact) mass is 272 g/mol. The first kappa shape index (κ1) is 13.3. The van der Waals surface area contributed by atoms with E-state index in [0.717, 1.165) is 17.0 Å². The molecular weight excluding hydrogens is 260 g/mol. The van der Waals surface area contributed by atoms with Crippen LogP contribution in [0, 0.1) is 11.3 Å². The lowest BCUT2D eigenvalue weighted by atomic mass is 10.2. The molecule has 96 valence electrons. The molecule has 2 rings (SSSR count). The third kappa shape index (κ3) is 3.40. The molecule has 0 bridgehead atoms. The molecule has 0 amide bonds. The Balaban J connectivity index is 2.09. The van der Waals surface area contributed by atoms with E-state index in [9.17, 15) is 0 Å². The van der Waals surface area contributed by atoms with Crippen molar-refractivity contribution in [2.24, 2.45) is 0 Å². The van der Waals surface area contributed by atoms with Crippen molar-refractivity contribution in [1.29, 1.82) is 5.26 Å². The molecule has 0 heterocycles. The Bertz CT molecular complexity index is 603. The van der Waals surface area contributed by atoms with E-state index in [-0.39, 0.29) is 0 Å². The average molecular weight is 273 g/mol. The summed E-state index contributed by atoms with van der Waals surface area (Å²) in [5, 5.41) is 12.7. The van der Waals surface area contributed by atoms with Crippen molar-refractivity contribution in [3.63, 3.8) is 0 Å². The molecule has 0 saturated heterocycles. The van der Waals surface area contributed by atoms with Crippen molar-refractivity contribution < 1.29 is 4.74 Å². The van der Waals surface area contributed by atoms with Gasteiger partial charge in [0.1, 0.15) is 5.75 Å². The number of methoxy groups -OCH3 is 1. The van der Waals surface area contributed by atoms with Crippen LogP contribution in [0.3, 0.4) is 0 Å². The highest BCUT2D eigenvalue weighted by Gasteiger charge is 2.03. The van der Waals surface area contributed by atoms with Gasteiger partial charge in [-0.15, -0.1) is 0 Å². The van der Waals surface area contributed by atoms with Gasteiger partial charge in [-0.2, -0.15) is 5.26 Å². The molecule has 0 atom stereocenters. The van der Waals surface area contributed by atoms with Crippen LogP contribution in [0.4, 0.5) is 5.69 Å². The van der Waals surface area contributed by atoms with Crippen molar-refractivity contribution >= 4 is 17.3 Å². The molecule has 4 heteroatoms. The molecular formula is C15H13ClN2O. The molecule has 0 radical (unpaired) electrons. The topological polar surface area (TPSA) is 45.0 Å². The number of ether oxygens (including phenoxy) is 1. The highest BCUT2D eigenvalue weighted by atomic mass is 35.5. The fourth-order valence-corrected chi connectivity index (χ4v) is 1.94. The van der Waals surface area contributed by atoms with Crippen LogP contribution in [0.15, 0.2) is 42.5 Å². The minimum absolute atomic E-state index is 0.607. The molecule has 0 aliphatic heterocycles. The summed E-state index contributed by atoms with van der Waals surface area (Å²) < 4.78 is 5.28. The molecule has 1 N–H and O–H groups in total. The van der Waals surface area contributed by atoms with Gasteiger partial charge in [0, 0.05) is 22.8 Å². The smallest absolute Gasteiger partial charge is 0.123 e. The number of hydrogen-bond donors (Lipinski definition) is 1. The van der Waals surface area contributed by atoms with Gasteiger partial charge in [0.05, 0.1) is 18.7 Å². The second-order valence-electron chi connectivity index (χ2n) is 4.00. The van der Waals surface area contributed by atoms with E-state index in [1.54, 1.807) is 25.3 Å². The summed E-state index contributed by atoms with van der Waals surface area (Å²) in [5.41, 5.74) is 2.58. The lowest BCUT2D eigenvalue weighted by Gasteiger charge is -2.11. The molecule has 0 spiro atoms. The Hall–Kier alpha value is -2.18. The standard InChI is InChI=1S/C15H13ClN2O/c1-19-15-7-4-13(16)8-12(15)10-18-14-5-2-11(9-17)3-6-14/h2-8,18H,10H2,1H3. The van der Waals surface area contributed by atoms with Gasteiger partial charge in [0.2, 0.25) is 0 Å². The summed E-state index contributed by atoms with van der Waals surface area (Å²) in [5.74, 6) is 0.797. The van der Waals surface area contributed by atoms with Gasteiger partial charge in [0.15, 0.2) is 0 Å². The van der Waals surface area contributed by atoms with Gasteiger partial charge in [-0.05, 0) is 42.5 Å². The first-order valence-electron chi connectivity index (χ1n) is 5.79. The van der Waals surface area contributed by atoms with Crippen molar-refractivity contribution in [3.8, 4) is 11.8 Å². The van der Waals surface area contributed by atoms with Gasteiger partial charge >= 0.3 is 0 Å². The number of hydrogen-bond acceptors (Lipinski definition) is 3. The zero-order chi connectivity index (χ0) is 13.7. The van der Waals surface area contributed by atoms with Gasteiger partial charge in [-0.1, -0.05) is 11.6 Å². The second kappa shape index (κ2) is 6.12. The van der Waals surface area contributed by atoms with E-state index < -0.39 is 0 Å². The predicted octanol–water partition coefficient (Wildman–Crippen LogP) is 3.83. The summed E-state index contributed by atoms with van der Waals surface area (Å²) in [4.78, 5) is 0. The minimum Gasteiger partial charge on any atom is -0.496 e. The third-order valence-electron chi connectivity index (χ3n) is 2.74. The number of rotatable bonds is 4. The van der Waals surface area contributed by atoms with Crippen molar-refractivity contribution in [2.45, 2.75) is 6.54 Å². The molecule has 0 aliphatic rings. The SMILES string of the molecule is COc1ccc(Cl)cc1CNc1ccc(C#N)cc1. The van der Waals surface area contributed by atoms with Crippen LogP contribution >= 0.6 is 11.6 Å². The maximum atomic E-state index is 8.73. The third-order valence-corrected chi connectivity index (χ3v) is 2.97. The highest BCUT2D eigenvalue weighted by molar-refractivity contribution is 6.30. The molecule has 0 aromatic heterocycles. The van der Waals surface area contributed by atoms with Crippen LogP contribution in [-0.2, 0) is 6.54 Å². The van der Waals surface area contributed by atoms with E-state index >= 15 is 0 Å². The highest BCUT2D eigenvalue weighted by Crippen LogP contribution is 2.23. The Labute approximate surface area is 117 Å². The summed E-state index contributed by atoms with van der Waals surface area (Å²) >= 11 is 5.98. The van der Waals surface area contributed by atoms with E-state index in [1.807, 2.05) is 24.3 Å². The van der Waals surface area contributed by atoms with Crippen LogP contribution in [0.2, 0.25) is 5.02 Å². The van der Waals surface area contributed by atoms with Crippen LogP contribution in [0.5, 0.6) is 5.75 Å². The Kier molecular flexibility index (Phi) is 4.27. The lowest BCUT2D eigenvalue weighted by molar-refractivity contribution is 0.410. The summed E-state index contributed by atoms with van der Waals surface area (Å²) in [6.45, 7) is 0.607. The van der Waals surface area contributed by atoms with Gasteiger partial charge < -0.3 is 10.1 Å². The molecule has 0 fully saturated rings. The molecule has 0 aliphatic carbocycles. The van der Waals surface area contributed by atoms with Crippen molar-refractivity contribution in [2.75, 3.05) is 12.4 Å². The van der Waals surface area contributed by atoms with Crippen LogP contribution in [0.1, 0.15) is 11.1 Å². The predicted molar refractivity (Wildman–Crippen MR) is 76.5 cm³/mol. The molecule has 2 aromatic carbocycles. The van der Waals surface area contributed by atoms with Gasteiger partial charge in [0.25, 0.3) is 0 Å². The summed E-state index contributed by atoms with van der Waals surface area (Å²) in [7, 11) is 1.63. The largest absolute Gasteiger partial charge is 0.496 e. The second-order valence-corrected chi connectivity index (χ2v) is 4.44. The zero-order valence-corrected chi connectivity index (χ0v) is 11.2. The maximum absolute atomic E-state index is 8.73. The minimum atomic E-state index is 0.607. The molecule has 0 saturated carbocycles. The number of benzene rings is 2. The first-order valence-corrected chi connectivity index (χ1v) is 6.17. The van der Waals surface area contributed by atoms with Crippen molar-refractivity contribution in [3.05, 3.63) is 58.6 Å². The van der Waals surface area contributed by atoms with Gasteiger partial charge in [-0.3, -0.25) is 0 Å². The zero-order valence-electron chi connectivity index (χ0n) is 10.5. The first-order chi connectivity index (χ1) is 9.22. The normalized spacial score (nSPS) is 9.74. The van der Waals surface area contributed by atoms with Crippen LogP contribution in [-0.4, -0.2) is 7.11 Å². The summed E-state index contributed by atoms with van der Waals surface area (Å²) in [6, 6.07) is 14.9. The molecule has 19 heavy (non-hydrogen) atoms. The average Bonchev–Trinajstić information content (AvgIpc) is 2.46. The number of nitrogens with one attached hydrogen (secondary N) is 1. The van der Waals surface area contributed by atoms with Crippen LogP contribution < -0.4 is 10.1 Å². The number of anilines is 1. The Morgan fingerprint density at radius 1 is 1.21 bits per heavy atom. The molecule has 0 unspecified atom stereocenters. The lowest BCUT2D eigenvalue weighted by Crippen LogP contribution is -2.01. The number of nitrogens with zero attached hydrogens (tertiary/aromatic N) is 1. The van der Waals surface area contributed by atoms with E-state index in [1.165, 1.54) is 0 Å². The maximum Gasteiger partial charge on any atom is 0.123 e. The van der Waals surface area contributed by atoms with Gasteiger partial charge in [-0.25, -0.2) is 0 Å². The van der Waals surface area contributed by atoms with E-state index in [0.29, 0.717) is 17.1 Å². The van der Waals surface area contributed by atoms with Crippen LogP contribution in [0.25, 0.3) is 0 Å². The molecule has 3 nitrogen and oxygen atoms in total. The summed E-state index contributed by atoms with van der Waals surface area (Å²) in [6.07, 6.45) is 0. The van der Waals surface area contributed by atoms with Crippen molar-refractivity contribution in [1.82, 2.24) is 0 Å². The fourth-order valence-electron chi connectivity index (χ4n) is 1.75. The quantitative estimate of drug-likeness (QED) is 0.920. The van der Waals surface area contributed by atoms with E-state index in [2.05, 4.69) is 11.4 Å². The Morgan fingerprint density at radius 2 is 1.95 bits per heavy atom.